The number of phenolic OH excluding ortho intramolecular Hbond substituents is 1. The van der Waals surface area contributed by atoms with Gasteiger partial charge in [-0.25, -0.2) is 5.06 Å². The number of aromatic hydroxyl groups is 1. The van der Waals surface area contributed by atoms with Gasteiger partial charge in [-0.05, 0) is 121 Å². The first kappa shape index (κ1) is 27.0. The molecule has 6 atom stereocenters. The van der Waals surface area contributed by atoms with Gasteiger partial charge in [0.25, 0.3) is 0 Å². The van der Waals surface area contributed by atoms with E-state index in [0.29, 0.717) is 42.6 Å². The Morgan fingerprint density at radius 3 is 2.58 bits per heavy atom. The van der Waals surface area contributed by atoms with Gasteiger partial charge in [0.2, 0.25) is 5.91 Å². The van der Waals surface area contributed by atoms with Crippen molar-refractivity contribution in [1.29, 1.82) is 0 Å². The Morgan fingerprint density at radius 2 is 1.82 bits per heavy atom. The van der Waals surface area contributed by atoms with Crippen molar-refractivity contribution in [3.05, 3.63) is 59.2 Å². The molecule has 0 aliphatic heterocycles. The maximum absolute atomic E-state index is 11.2. The Kier molecular flexibility index (Phi) is 8.01. The fourth-order valence-corrected chi connectivity index (χ4v) is 7.67. The van der Waals surface area contributed by atoms with E-state index in [9.17, 15) is 15.0 Å². The average molecular weight is 522 g/mol. The van der Waals surface area contributed by atoms with Gasteiger partial charge in [0.1, 0.15) is 11.5 Å². The largest absolute Gasteiger partial charge is 0.508 e. The quantitative estimate of drug-likeness (QED) is 0.314. The summed E-state index contributed by atoms with van der Waals surface area (Å²) in [5, 5.41) is 22.5. The molecule has 2 saturated carbocycles. The molecule has 6 nitrogen and oxygen atoms in total. The van der Waals surface area contributed by atoms with Gasteiger partial charge in [0, 0.05) is 14.0 Å². The summed E-state index contributed by atoms with van der Waals surface area (Å²) in [4.78, 5) is 16.5. The zero-order chi connectivity index (χ0) is 26.9. The molecule has 3 aliphatic carbocycles. The predicted molar refractivity (Wildman–Crippen MR) is 147 cm³/mol. The van der Waals surface area contributed by atoms with Crippen LogP contribution >= 0.6 is 0 Å². The van der Waals surface area contributed by atoms with Crippen LogP contribution in [0.3, 0.4) is 0 Å². The molecular weight excluding hydrogens is 478 g/mol. The van der Waals surface area contributed by atoms with Gasteiger partial charge in [0.05, 0.1) is 19.3 Å². The second kappa shape index (κ2) is 11.3. The molecule has 5 rings (SSSR count). The number of hydroxylamine groups is 2. The fourth-order valence-electron chi connectivity index (χ4n) is 7.67. The van der Waals surface area contributed by atoms with Crippen molar-refractivity contribution in [3.8, 4) is 11.5 Å². The van der Waals surface area contributed by atoms with Crippen LogP contribution in [0.4, 0.5) is 0 Å². The number of hydrogen-bond donors (Lipinski definition) is 2. The summed E-state index contributed by atoms with van der Waals surface area (Å²) in [6.07, 6.45) is 7.71. The molecule has 6 heteroatoms. The Bertz CT molecular complexity index is 1120. The highest BCUT2D eigenvalue weighted by Crippen LogP contribution is 2.65. The first-order chi connectivity index (χ1) is 18.3. The molecule has 0 unspecified atom stereocenters. The van der Waals surface area contributed by atoms with Crippen molar-refractivity contribution in [2.45, 2.75) is 83.2 Å². The van der Waals surface area contributed by atoms with Crippen molar-refractivity contribution in [2.75, 3.05) is 20.3 Å². The Labute approximate surface area is 226 Å². The molecule has 2 aromatic rings. The van der Waals surface area contributed by atoms with Crippen LogP contribution in [-0.2, 0) is 16.1 Å². The van der Waals surface area contributed by atoms with Gasteiger partial charge in [0.15, 0.2) is 0 Å². The van der Waals surface area contributed by atoms with Gasteiger partial charge in [-0.15, -0.1) is 0 Å². The van der Waals surface area contributed by atoms with E-state index in [-0.39, 0.29) is 17.4 Å². The number of benzene rings is 2. The van der Waals surface area contributed by atoms with Crippen molar-refractivity contribution in [2.24, 2.45) is 17.3 Å². The van der Waals surface area contributed by atoms with Crippen LogP contribution < -0.4 is 4.74 Å². The van der Waals surface area contributed by atoms with E-state index < -0.39 is 0 Å². The number of carbonyl (C=O) groups is 1. The minimum atomic E-state index is -0.229. The minimum Gasteiger partial charge on any atom is -0.508 e. The van der Waals surface area contributed by atoms with E-state index in [2.05, 4.69) is 37.3 Å². The maximum Gasteiger partial charge on any atom is 0.242 e. The molecule has 0 spiro atoms. The van der Waals surface area contributed by atoms with Gasteiger partial charge in [-0.1, -0.05) is 25.1 Å². The number of aliphatic hydroxyl groups is 1. The highest BCUT2D eigenvalue weighted by atomic mass is 16.7. The van der Waals surface area contributed by atoms with Crippen LogP contribution in [0, 0.1) is 17.3 Å². The van der Waals surface area contributed by atoms with E-state index in [1.54, 1.807) is 7.05 Å². The molecule has 206 valence electrons. The third kappa shape index (κ3) is 5.30. The van der Waals surface area contributed by atoms with Crippen LogP contribution in [0.15, 0.2) is 42.5 Å². The van der Waals surface area contributed by atoms with Crippen molar-refractivity contribution >= 4 is 5.91 Å². The van der Waals surface area contributed by atoms with Crippen LogP contribution in [0.25, 0.3) is 0 Å². The zero-order valence-corrected chi connectivity index (χ0v) is 23.1. The highest BCUT2D eigenvalue weighted by Gasteiger charge is 2.57. The number of unbranched alkanes of at least 4 members (excludes halogenated alkanes) is 2. The number of rotatable bonds is 9. The van der Waals surface area contributed by atoms with Gasteiger partial charge >= 0.3 is 0 Å². The number of nitrogens with zero attached hydrogens (tertiary/aromatic N) is 1. The Balaban J connectivity index is 1.25. The van der Waals surface area contributed by atoms with Crippen molar-refractivity contribution in [3.63, 3.8) is 0 Å². The van der Waals surface area contributed by atoms with E-state index in [4.69, 9.17) is 9.57 Å². The number of hydrogen-bond acceptors (Lipinski definition) is 5. The number of ether oxygens (including phenoxy) is 1. The summed E-state index contributed by atoms with van der Waals surface area (Å²) in [5.74, 6) is 3.00. The molecule has 2 N–H and O–H groups in total. The normalized spacial score (nSPS) is 29.7. The summed E-state index contributed by atoms with van der Waals surface area (Å²) in [5.41, 5.74) is 3.96. The number of amides is 1. The molecule has 0 bridgehead atoms. The Morgan fingerprint density at radius 1 is 1.05 bits per heavy atom. The highest BCUT2D eigenvalue weighted by molar-refractivity contribution is 5.71. The standard InChI is InChI=1S/C32H43NO5/c1-21(34)33(3)38-18-6-4-5-17-37-25-11-7-22(8-12-25)28-20-32(2)29(15-16-30(32)36)27-13-9-23-19-24(35)10-14-26(23)31(27)28/h7-8,10-12,14,19,27-31,35-36H,4-6,9,13,15-18,20H2,1-3H3/t27-,28+,29-,30-,31+,32-/m0/s1. The van der Waals surface area contributed by atoms with E-state index in [1.165, 1.54) is 28.7 Å². The number of aliphatic hydroxyl groups excluding tert-OH is 1. The average Bonchev–Trinajstić information content (AvgIpc) is 3.21. The zero-order valence-electron chi connectivity index (χ0n) is 23.1. The van der Waals surface area contributed by atoms with Gasteiger partial charge < -0.3 is 14.9 Å². The maximum atomic E-state index is 11.2. The summed E-state index contributed by atoms with van der Waals surface area (Å²) in [6, 6.07) is 14.6. The smallest absolute Gasteiger partial charge is 0.242 e. The second-order valence-electron chi connectivity index (χ2n) is 12.0. The second-order valence-corrected chi connectivity index (χ2v) is 12.0. The van der Waals surface area contributed by atoms with Crippen LogP contribution in [-0.4, -0.2) is 47.5 Å². The third-order valence-corrected chi connectivity index (χ3v) is 9.76. The number of aryl methyl sites for hydroxylation is 1. The molecule has 0 radical (unpaired) electrons. The lowest BCUT2D eigenvalue weighted by molar-refractivity contribution is -0.176. The van der Waals surface area contributed by atoms with Crippen molar-refractivity contribution in [1.82, 2.24) is 5.06 Å². The van der Waals surface area contributed by atoms with Gasteiger partial charge in [-0.2, -0.15) is 0 Å². The first-order valence-corrected chi connectivity index (χ1v) is 14.4. The molecule has 3 aliphatic rings. The van der Waals surface area contributed by atoms with E-state index in [1.807, 2.05) is 12.1 Å². The molecule has 2 fully saturated rings. The Hall–Kier alpha value is -2.57. The lowest BCUT2D eigenvalue weighted by Gasteiger charge is -2.54. The van der Waals surface area contributed by atoms with Crippen LogP contribution in [0.5, 0.6) is 11.5 Å². The number of fused-ring (bicyclic) bond motifs is 5. The number of phenols is 1. The monoisotopic (exact) mass is 521 g/mol. The summed E-state index contributed by atoms with van der Waals surface area (Å²) in [7, 11) is 1.63. The molecular formula is C32H43NO5. The fraction of sp³-hybridized carbons (Fsp3) is 0.594. The topological polar surface area (TPSA) is 79.2 Å². The molecule has 0 aromatic heterocycles. The number of carbonyl (C=O) groups excluding carboxylic acids is 1. The van der Waals surface area contributed by atoms with Crippen LogP contribution in [0.1, 0.15) is 87.3 Å². The first-order valence-electron chi connectivity index (χ1n) is 14.4. The molecule has 38 heavy (non-hydrogen) atoms. The predicted octanol–water partition coefficient (Wildman–Crippen LogP) is 5.96. The molecule has 0 saturated heterocycles. The third-order valence-electron chi connectivity index (χ3n) is 9.76. The van der Waals surface area contributed by atoms with Crippen molar-refractivity contribution < 1.29 is 24.6 Å². The summed E-state index contributed by atoms with van der Waals surface area (Å²) >= 11 is 0. The molecule has 0 heterocycles. The summed E-state index contributed by atoms with van der Waals surface area (Å²) in [6.45, 7) is 5.00. The van der Waals surface area contributed by atoms with Gasteiger partial charge in [-0.3, -0.25) is 9.63 Å². The lowest BCUT2D eigenvalue weighted by atomic mass is 9.51. The van der Waals surface area contributed by atoms with E-state index in [0.717, 1.165) is 57.1 Å². The summed E-state index contributed by atoms with van der Waals surface area (Å²) < 4.78 is 6.02. The minimum absolute atomic E-state index is 0.0433. The van der Waals surface area contributed by atoms with Crippen LogP contribution in [0.2, 0.25) is 0 Å². The SMILES string of the molecule is CC(=O)N(C)OCCCCCOc1ccc([C@H]2C[C@]3(C)[C@@H](O)CC[C@H]3[C@@H]3CCc4cc(O)ccc4[C@H]32)cc1. The van der Waals surface area contributed by atoms with E-state index >= 15 is 0 Å². The lowest BCUT2D eigenvalue weighted by Crippen LogP contribution is -2.47. The molecule has 2 aromatic carbocycles. The molecule has 1 amide bonds.